The van der Waals surface area contributed by atoms with Gasteiger partial charge in [-0.1, -0.05) is 171 Å². The van der Waals surface area contributed by atoms with E-state index < -0.39 is 0 Å². The van der Waals surface area contributed by atoms with Crippen molar-refractivity contribution in [3.63, 3.8) is 0 Å². The first kappa shape index (κ1) is 58.0. The lowest BCUT2D eigenvalue weighted by Crippen LogP contribution is -2.08. The van der Waals surface area contributed by atoms with Crippen molar-refractivity contribution >= 4 is 23.9 Å². The van der Waals surface area contributed by atoms with E-state index >= 15 is 0 Å². The monoisotopic (exact) mass is 825 g/mol. The van der Waals surface area contributed by atoms with E-state index in [9.17, 15) is 19.2 Å². The van der Waals surface area contributed by atoms with Crippen LogP contribution in [0.2, 0.25) is 0 Å². The van der Waals surface area contributed by atoms with E-state index in [1.54, 1.807) is 0 Å². The molecule has 0 spiro atoms. The van der Waals surface area contributed by atoms with Crippen LogP contribution < -0.4 is 0 Å². The third-order valence-electron chi connectivity index (χ3n) is 10.3. The molecule has 0 bridgehead atoms. The third kappa shape index (κ3) is 51.9. The van der Waals surface area contributed by atoms with Crippen molar-refractivity contribution in [3.05, 3.63) is 0 Å². The van der Waals surface area contributed by atoms with Gasteiger partial charge in [0.1, 0.15) is 0 Å². The maximum atomic E-state index is 11.7. The smallest absolute Gasteiger partial charge is 0.305 e. The molecule has 8 nitrogen and oxygen atoms in total. The fourth-order valence-electron chi connectivity index (χ4n) is 6.50. The first-order chi connectivity index (χ1) is 27.8. The lowest BCUT2D eigenvalue weighted by molar-refractivity contribution is -0.146. The molecule has 0 aliphatic carbocycles. The molecule has 0 radical (unpaired) electrons. The topological polar surface area (TPSA) is 105 Å². The molecule has 0 amide bonds. The summed E-state index contributed by atoms with van der Waals surface area (Å²) in [5.41, 5.74) is 0. The highest BCUT2D eigenvalue weighted by Crippen LogP contribution is 2.14. The van der Waals surface area contributed by atoms with Gasteiger partial charge in [0, 0.05) is 25.7 Å². The Morgan fingerprint density at radius 2 is 0.431 bits per heavy atom. The second-order valence-corrected chi connectivity index (χ2v) is 18.4. The molecule has 58 heavy (non-hydrogen) atoms. The molecule has 0 N–H and O–H groups in total. The van der Waals surface area contributed by atoms with E-state index in [0.717, 1.165) is 75.0 Å². The number of hydrogen-bond acceptors (Lipinski definition) is 8. The molecule has 0 aromatic heterocycles. The van der Waals surface area contributed by atoms with Crippen LogP contribution in [0.3, 0.4) is 0 Å². The van der Waals surface area contributed by atoms with Crippen LogP contribution in [0.5, 0.6) is 0 Å². The summed E-state index contributed by atoms with van der Waals surface area (Å²) in [5.74, 6) is 2.57. The van der Waals surface area contributed by atoms with E-state index in [0.29, 0.717) is 77.8 Å². The highest BCUT2D eigenvalue weighted by atomic mass is 16.5. The maximum Gasteiger partial charge on any atom is 0.305 e. The van der Waals surface area contributed by atoms with Crippen molar-refractivity contribution in [1.29, 1.82) is 0 Å². The van der Waals surface area contributed by atoms with E-state index in [2.05, 4.69) is 55.4 Å². The van der Waals surface area contributed by atoms with E-state index in [1.807, 2.05) is 0 Å². The van der Waals surface area contributed by atoms with Crippen LogP contribution in [-0.2, 0) is 38.1 Å². The molecular weight excluding hydrogens is 729 g/mol. The molecule has 0 saturated carbocycles. The Labute approximate surface area is 359 Å². The summed E-state index contributed by atoms with van der Waals surface area (Å²) in [4.78, 5) is 46.8. The summed E-state index contributed by atoms with van der Waals surface area (Å²) in [6, 6.07) is 0. The Hall–Kier alpha value is -2.12. The minimum atomic E-state index is -0.142. The van der Waals surface area contributed by atoms with Gasteiger partial charge in [-0.05, 0) is 75.0 Å². The first-order valence-electron chi connectivity index (χ1n) is 24.5. The van der Waals surface area contributed by atoms with Crippen LogP contribution in [0.4, 0.5) is 0 Å². The lowest BCUT2D eigenvalue weighted by Gasteiger charge is -2.07. The van der Waals surface area contributed by atoms with Gasteiger partial charge in [-0.15, -0.1) is 0 Å². The Bertz CT molecular complexity index is 855. The Morgan fingerprint density at radius 3 is 0.621 bits per heavy atom. The summed E-state index contributed by atoms with van der Waals surface area (Å²) in [5, 5.41) is 0. The van der Waals surface area contributed by atoms with Crippen molar-refractivity contribution in [2.24, 2.45) is 23.7 Å². The standard InChI is InChI=1S/C26H50O4.C24H46O4/c1-23(2)17-11-7-5-9-15-21-29-25(27)19-13-14-20-26(28)30-22-16-10-6-8-12-18-24(3)4;1-21(2)15-9-5-7-13-19-27-23(25)17-11-12-18-24(26)28-20-14-8-6-10-16-22(3)4/h23-24H,5-22H2,1-4H3;21-22H,5-20H2,1-4H3. The molecule has 0 atom stereocenters. The Kier molecular flexibility index (Phi) is 44.4. The normalized spacial score (nSPS) is 11.2. The van der Waals surface area contributed by atoms with Gasteiger partial charge in [0.15, 0.2) is 0 Å². The van der Waals surface area contributed by atoms with Gasteiger partial charge in [-0.25, -0.2) is 0 Å². The number of rotatable bonds is 40. The molecule has 0 aliphatic heterocycles. The largest absolute Gasteiger partial charge is 0.466 e. The van der Waals surface area contributed by atoms with Crippen LogP contribution in [0.15, 0.2) is 0 Å². The number of carbonyl (C=O) groups is 4. The molecule has 8 heteroatoms. The average molecular weight is 825 g/mol. The Morgan fingerprint density at radius 1 is 0.259 bits per heavy atom. The second kappa shape index (κ2) is 44.4. The molecular formula is C50H96O8. The molecule has 0 aromatic rings. The van der Waals surface area contributed by atoms with Crippen LogP contribution in [0.25, 0.3) is 0 Å². The molecule has 0 saturated heterocycles. The summed E-state index contributed by atoms with van der Waals surface area (Å²) < 4.78 is 21.0. The lowest BCUT2D eigenvalue weighted by atomic mass is 10.0. The van der Waals surface area contributed by atoms with Crippen molar-refractivity contribution in [3.8, 4) is 0 Å². The Balaban J connectivity index is 0. The number of hydrogen-bond donors (Lipinski definition) is 0. The van der Waals surface area contributed by atoms with Crippen LogP contribution in [0.1, 0.15) is 248 Å². The number of carbonyl (C=O) groups excluding carboxylic acids is 4. The molecule has 0 fully saturated rings. The molecule has 0 aromatic carbocycles. The average Bonchev–Trinajstić information content (AvgIpc) is 3.16. The molecule has 0 heterocycles. The zero-order valence-corrected chi connectivity index (χ0v) is 39.6. The van der Waals surface area contributed by atoms with Gasteiger partial charge >= 0.3 is 23.9 Å². The molecule has 0 unspecified atom stereocenters. The predicted molar refractivity (Wildman–Crippen MR) is 242 cm³/mol. The summed E-state index contributed by atoms with van der Waals surface area (Å²) in [6.45, 7) is 20.2. The van der Waals surface area contributed by atoms with Gasteiger partial charge in [-0.2, -0.15) is 0 Å². The minimum Gasteiger partial charge on any atom is -0.466 e. The maximum absolute atomic E-state index is 11.7. The SMILES string of the molecule is CC(C)CCCCCCCOC(=O)CCCCC(=O)OCCCCCCCC(C)C.CC(C)CCCCCCOC(=O)CCCCC(=O)OCCCCCCC(C)C. The quantitative estimate of drug-likeness (QED) is 0.0342. The van der Waals surface area contributed by atoms with Crippen molar-refractivity contribution in [2.75, 3.05) is 26.4 Å². The number of ether oxygens (including phenoxy) is 4. The van der Waals surface area contributed by atoms with E-state index in [4.69, 9.17) is 18.9 Å². The number of unbranched alkanes of at least 4 members (excludes halogenated alkanes) is 16. The van der Waals surface area contributed by atoms with Gasteiger partial charge in [-0.3, -0.25) is 19.2 Å². The highest BCUT2D eigenvalue weighted by molar-refractivity contribution is 5.71. The van der Waals surface area contributed by atoms with Crippen molar-refractivity contribution in [2.45, 2.75) is 248 Å². The highest BCUT2D eigenvalue weighted by Gasteiger charge is 2.08. The fraction of sp³-hybridized carbons (Fsp3) is 0.920. The van der Waals surface area contributed by atoms with Gasteiger partial charge in [0.05, 0.1) is 26.4 Å². The van der Waals surface area contributed by atoms with E-state index in [1.165, 1.54) is 89.9 Å². The van der Waals surface area contributed by atoms with Gasteiger partial charge in [0.2, 0.25) is 0 Å². The first-order valence-corrected chi connectivity index (χ1v) is 24.5. The van der Waals surface area contributed by atoms with E-state index in [-0.39, 0.29) is 23.9 Å². The molecule has 344 valence electrons. The van der Waals surface area contributed by atoms with Gasteiger partial charge in [0.25, 0.3) is 0 Å². The second-order valence-electron chi connectivity index (χ2n) is 18.4. The van der Waals surface area contributed by atoms with Crippen LogP contribution >= 0.6 is 0 Å². The summed E-state index contributed by atoms with van der Waals surface area (Å²) in [7, 11) is 0. The van der Waals surface area contributed by atoms with Crippen LogP contribution in [0, 0.1) is 23.7 Å². The van der Waals surface area contributed by atoms with Crippen molar-refractivity contribution in [1.82, 2.24) is 0 Å². The van der Waals surface area contributed by atoms with Crippen molar-refractivity contribution < 1.29 is 38.1 Å². The minimum absolute atomic E-state index is 0.138. The van der Waals surface area contributed by atoms with Crippen LogP contribution in [-0.4, -0.2) is 50.3 Å². The third-order valence-corrected chi connectivity index (χ3v) is 10.3. The fourth-order valence-corrected chi connectivity index (χ4v) is 6.50. The summed E-state index contributed by atoms with van der Waals surface area (Å²) >= 11 is 0. The molecule has 0 aliphatic rings. The van der Waals surface area contributed by atoms with Gasteiger partial charge < -0.3 is 18.9 Å². The zero-order valence-electron chi connectivity index (χ0n) is 39.6. The zero-order chi connectivity index (χ0) is 43.5. The summed E-state index contributed by atoms with van der Waals surface area (Å²) in [6.07, 6.45) is 30.5. The predicted octanol–water partition coefficient (Wildman–Crippen LogP) is 14.5. The molecule has 0 rings (SSSR count). The number of esters is 4.